The molecule has 0 saturated heterocycles. The third-order valence-corrected chi connectivity index (χ3v) is 6.60. The van der Waals surface area contributed by atoms with E-state index in [0.717, 1.165) is 22.3 Å². The first kappa shape index (κ1) is 25.9. The molecule has 0 aromatic heterocycles. The summed E-state index contributed by atoms with van der Waals surface area (Å²) in [5.41, 5.74) is 4.18. The average Bonchev–Trinajstić information content (AvgIpc) is 2.95. The van der Waals surface area contributed by atoms with Crippen LogP contribution >= 0.6 is 0 Å². The van der Waals surface area contributed by atoms with E-state index in [1.54, 1.807) is 4.90 Å². The quantitative estimate of drug-likeness (QED) is 0.281. The van der Waals surface area contributed by atoms with Crippen molar-refractivity contribution < 1.29 is 9.59 Å². The van der Waals surface area contributed by atoms with Gasteiger partial charge in [-0.3, -0.25) is 9.59 Å². The number of nitrogens with zero attached hydrogens (tertiary/aromatic N) is 1. The summed E-state index contributed by atoms with van der Waals surface area (Å²) < 4.78 is 0. The third-order valence-electron chi connectivity index (χ3n) is 6.60. The molecule has 4 heteroatoms. The first-order valence-electron chi connectivity index (χ1n) is 12.9. The fourth-order valence-electron chi connectivity index (χ4n) is 4.72. The summed E-state index contributed by atoms with van der Waals surface area (Å²) in [6, 6.07) is 39.4. The molecule has 1 unspecified atom stereocenters. The van der Waals surface area contributed by atoms with Crippen LogP contribution in [0.2, 0.25) is 0 Å². The molecule has 0 radical (unpaired) electrons. The van der Waals surface area contributed by atoms with Crippen molar-refractivity contribution in [2.75, 3.05) is 6.54 Å². The molecule has 2 amide bonds. The number of hydrogen-bond acceptors (Lipinski definition) is 2. The highest BCUT2D eigenvalue weighted by atomic mass is 16.2. The van der Waals surface area contributed by atoms with Crippen LogP contribution in [-0.4, -0.2) is 29.3 Å². The summed E-state index contributed by atoms with van der Waals surface area (Å²) in [6.45, 7) is 2.78. The van der Waals surface area contributed by atoms with Gasteiger partial charge in [0, 0.05) is 31.8 Å². The molecule has 0 aliphatic rings. The van der Waals surface area contributed by atoms with Crippen LogP contribution in [-0.2, 0) is 22.6 Å². The normalized spacial score (nSPS) is 11.6. The van der Waals surface area contributed by atoms with Gasteiger partial charge < -0.3 is 10.2 Å². The minimum Gasteiger partial charge on any atom is -0.355 e. The minimum atomic E-state index is -0.623. The van der Waals surface area contributed by atoms with E-state index in [2.05, 4.69) is 29.6 Å². The Hall–Kier alpha value is -4.18. The molecular formula is C33H34N2O2. The Morgan fingerprint density at radius 2 is 1.14 bits per heavy atom. The van der Waals surface area contributed by atoms with E-state index in [1.165, 1.54) is 0 Å². The molecule has 4 rings (SSSR count). The van der Waals surface area contributed by atoms with Crippen LogP contribution in [0, 0.1) is 0 Å². The molecule has 0 fully saturated rings. The standard InChI is InChI=1S/C33H34N2O2/c1-2-34-33(37)31(23-26-15-7-3-8-16-26)35(25-27-17-9-4-10-18-27)32(36)24-30(28-19-11-5-12-20-28)29-21-13-6-14-22-29/h3-22,30-31H,2,23-25H2,1H3,(H,34,37). The third kappa shape index (κ3) is 7.17. The molecule has 0 spiro atoms. The van der Waals surface area contributed by atoms with Crippen molar-refractivity contribution in [1.82, 2.24) is 10.2 Å². The lowest BCUT2D eigenvalue weighted by Crippen LogP contribution is -2.50. The summed E-state index contributed by atoms with van der Waals surface area (Å²) in [6.07, 6.45) is 0.720. The van der Waals surface area contributed by atoms with Crippen molar-refractivity contribution in [2.24, 2.45) is 0 Å². The lowest BCUT2D eigenvalue weighted by Gasteiger charge is -2.33. The smallest absolute Gasteiger partial charge is 0.243 e. The van der Waals surface area contributed by atoms with Crippen molar-refractivity contribution in [2.45, 2.75) is 38.3 Å². The second kappa shape index (κ2) is 13.2. The molecule has 188 valence electrons. The largest absolute Gasteiger partial charge is 0.355 e. The van der Waals surface area contributed by atoms with Gasteiger partial charge >= 0.3 is 0 Å². The number of hydrogen-bond donors (Lipinski definition) is 1. The molecule has 0 bridgehead atoms. The molecule has 4 aromatic rings. The van der Waals surface area contributed by atoms with E-state index in [-0.39, 0.29) is 24.2 Å². The van der Waals surface area contributed by atoms with Crippen LogP contribution in [0.5, 0.6) is 0 Å². The van der Waals surface area contributed by atoms with Gasteiger partial charge in [0.05, 0.1) is 0 Å². The van der Waals surface area contributed by atoms with Crippen molar-refractivity contribution >= 4 is 11.8 Å². The van der Waals surface area contributed by atoms with Gasteiger partial charge in [-0.15, -0.1) is 0 Å². The van der Waals surface area contributed by atoms with Gasteiger partial charge in [-0.2, -0.15) is 0 Å². The molecule has 37 heavy (non-hydrogen) atoms. The minimum absolute atomic E-state index is 0.0475. The van der Waals surface area contributed by atoms with E-state index in [1.807, 2.05) is 104 Å². The van der Waals surface area contributed by atoms with E-state index in [4.69, 9.17) is 0 Å². The molecule has 1 atom stereocenters. The van der Waals surface area contributed by atoms with Crippen molar-refractivity contribution in [3.05, 3.63) is 144 Å². The van der Waals surface area contributed by atoms with Gasteiger partial charge in [0.2, 0.25) is 11.8 Å². The fraction of sp³-hybridized carbons (Fsp3) is 0.212. The maximum atomic E-state index is 14.2. The maximum absolute atomic E-state index is 14.2. The Morgan fingerprint density at radius 3 is 1.62 bits per heavy atom. The zero-order valence-electron chi connectivity index (χ0n) is 21.3. The second-order valence-electron chi connectivity index (χ2n) is 9.19. The Morgan fingerprint density at radius 1 is 0.676 bits per heavy atom. The SMILES string of the molecule is CCNC(=O)C(Cc1ccccc1)N(Cc1ccccc1)C(=O)CC(c1ccccc1)c1ccccc1. The highest BCUT2D eigenvalue weighted by molar-refractivity contribution is 5.88. The number of nitrogens with one attached hydrogen (secondary N) is 1. The van der Waals surface area contributed by atoms with Gasteiger partial charge in [-0.1, -0.05) is 121 Å². The molecule has 1 N–H and O–H groups in total. The summed E-state index contributed by atoms with van der Waals surface area (Å²) in [5.74, 6) is -0.292. The summed E-state index contributed by atoms with van der Waals surface area (Å²) >= 11 is 0. The Kier molecular flexibility index (Phi) is 9.25. The first-order chi connectivity index (χ1) is 18.2. The van der Waals surface area contributed by atoms with E-state index in [9.17, 15) is 9.59 Å². The number of carbonyl (C=O) groups excluding carboxylic acids is 2. The van der Waals surface area contributed by atoms with Crippen molar-refractivity contribution in [3.8, 4) is 0 Å². The summed E-state index contributed by atoms with van der Waals surface area (Å²) in [5, 5.41) is 2.97. The predicted octanol–water partition coefficient (Wildman–Crippen LogP) is 5.98. The van der Waals surface area contributed by atoms with E-state index in [0.29, 0.717) is 19.5 Å². The Labute approximate surface area is 220 Å². The lowest BCUT2D eigenvalue weighted by molar-refractivity contribution is -0.141. The number of likely N-dealkylation sites (N-methyl/N-ethyl adjacent to an activating group) is 1. The Balaban J connectivity index is 1.71. The number of benzene rings is 4. The molecule has 4 aromatic carbocycles. The molecular weight excluding hydrogens is 456 g/mol. The molecule has 0 heterocycles. The van der Waals surface area contributed by atoms with Gasteiger partial charge in [-0.05, 0) is 29.2 Å². The van der Waals surface area contributed by atoms with Crippen LogP contribution < -0.4 is 5.32 Å². The summed E-state index contributed by atoms with van der Waals surface area (Å²) in [7, 11) is 0. The maximum Gasteiger partial charge on any atom is 0.243 e. The fourth-order valence-corrected chi connectivity index (χ4v) is 4.72. The first-order valence-corrected chi connectivity index (χ1v) is 12.9. The van der Waals surface area contributed by atoms with Crippen LogP contribution in [0.3, 0.4) is 0 Å². The summed E-state index contributed by atoms with van der Waals surface area (Å²) in [4.78, 5) is 29.4. The van der Waals surface area contributed by atoms with E-state index < -0.39 is 6.04 Å². The highest BCUT2D eigenvalue weighted by Crippen LogP contribution is 2.29. The van der Waals surface area contributed by atoms with E-state index >= 15 is 0 Å². The average molecular weight is 491 g/mol. The molecule has 0 saturated carbocycles. The topological polar surface area (TPSA) is 49.4 Å². The molecule has 0 aliphatic heterocycles. The monoisotopic (exact) mass is 490 g/mol. The van der Waals surface area contributed by atoms with Crippen LogP contribution in [0.25, 0.3) is 0 Å². The molecule has 0 aliphatic carbocycles. The predicted molar refractivity (Wildman–Crippen MR) is 149 cm³/mol. The number of carbonyl (C=O) groups is 2. The lowest BCUT2D eigenvalue weighted by atomic mass is 9.87. The Bertz CT molecular complexity index is 1210. The van der Waals surface area contributed by atoms with Crippen LogP contribution in [0.15, 0.2) is 121 Å². The van der Waals surface area contributed by atoms with Gasteiger partial charge in [0.1, 0.15) is 6.04 Å². The highest BCUT2D eigenvalue weighted by Gasteiger charge is 2.32. The second-order valence-corrected chi connectivity index (χ2v) is 9.19. The van der Waals surface area contributed by atoms with Crippen molar-refractivity contribution in [1.29, 1.82) is 0 Å². The van der Waals surface area contributed by atoms with Gasteiger partial charge in [-0.25, -0.2) is 0 Å². The van der Waals surface area contributed by atoms with Gasteiger partial charge in [0.25, 0.3) is 0 Å². The molecule has 4 nitrogen and oxygen atoms in total. The number of amides is 2. The van der Waals surface area contributed by atoms with Crippen LogP contribution in [0.1, 0.15) is 41.5 Å². The zero-order valence-corrected chi connectivity index (χ0v) is 21.3. The van der Waals surface area contributed by atoms with Crippen molar-refractivity contribution in [3.63, 3.8) is 0 Å². The zero-order chi connectivity index (χ0) is 25.9. The van der Waals surface area contributed by atoms with Gasteiger partial charge in [0.15, 0.2) is 0 Å². The van der Waals surface area contributed by atoms with Crippen LogP contribution in [0.4, 0.5) is 0 Å². The number of rotatable bonds is 11.